The van der Waals surface area contributed by atoms with Crippen molar-refractivity contribution >= 4 is 5.97 Å². The summed E-state index contributed by atoms with van der Waals surface area (Å²) >= 11 is 0. The highest BCUT2D eigenvalue weighted by molar-refractivity contribution is 5.70. The molecule has 1 aliphatic heterocycles. The number of carbonyl (C=O) groups is 1. The SMILES string of the molecule is O=C(O)C1CCC2(CCCN2)C1. The molecule has 1 saturated heterocycles. The van der Waals surface area contributed by atoms with Gasteiger partial charge < -0.3 is 10.4 Å². The van der Waals surface area contributed by atoms with Crippen molar-refractivity contribution in [2.24, 2.45) is 5.92 Å². The average molecular weight is 169 g/mol. The second-order valence-electron chi connectivity index (χ2n) is 4.09. The van der Waals surface area contributed by atoms with Crippen molar-refractivity contribution in [2.75, 3.05) is 6.54 Å². The van der Waals surface area contributed by atoms with E-state index in [4.69, 9.17) is 5.11 Å². The van der Waals surface area contributed by atoms with E-state index in [9.17, 15) is 4.79 Å². The molecule has 2 unspecified atom stereocenters. The predicted octanol–water partition coefficient (Wildman–Crippen LogP) is 0.993. The maximum atomic E-state index is 10.7. The monoisotopic (exact) mass is 169 g/mol. The summed E-state index contributed by atoms with van der Waals surface area (Å²) < 4.78 is 0. The molecule has 1 saturated carbocycles. The van der Waals surface area contributed by atoms with Crippen LogP contribution in [0.4, 0.5) is 0 Å². The molecule has 0 radical (unpaired) electrons. The largest absolute Gasteiger partial charge is 0.481 e. The summed E-state index contributed by atoms with van der Waals surface area (Å²) in [6, 6.07) is 0. The number of nitrogens with one attached hydrogen (secondary N) is 1. The minimum atomic E-state index is -0.611. The first-order valence-corrected chi connectivity index (χ1v) is 4.70. The highest BCUT2D eigenvalue weighted by Gasteiger charge is 2.43. The fraction of sp³-hybridized carbons (Fsp3) is 0.889. The van der Waals surface area contributed by atoms with Gasteiger partial charge in [0.15, 0.2) is 0 Å². The Kier molecular flexibility index (Phi) is 1.83. The summed E-state index contributed by atoms with van der Waals surface area (Å²) in [5.74, 6) is -0.698. The Labute approximate surface area is 72.2 Å². The van der Waals surface area contributed by atoms with Gasteiger partial charge in [-0.1, -0.05) is 0 Å². The lowest BCUT2D eigenvalue weighted by Gasteiger charge is -2.22. The number of hydrogen-bond acceptors (Lipinski definition) is 2. The molecule has 1 aliphatic carbocycles. The first kappa shape index (κ1) is 8.05. The van der Waals surface area contributed by atoms with Gasteiger partial charge in [-0.25, -0.2) is 0 Å². The van der Waals surface area contributed by atoms with Gasteiger partial charge in [-0.15, -0.1) is 0 Å². The van der Waals surface area contributed by atoms with Crippen LogP contribution in [0, 0.1) is 5.92 Å². The standard InChI is InChI=1S/C9H15NO2/c11-8(12)7-2-4-9(6-7)3-1-5-10-9/h7,10H,1-6H2,(H,11,12). The van der Waals surface area contributed by atoms with Crippen LogP contribution in [0.5, 0.6) is 0 Å². The Balaban J connectivity index is 2.01. The van der Waals surface area contributed by atoms with E-state index in [1.807, 2.05) is 0 Å². The van der Waals surface area contributed by atoms with Crippen LogP contribution in [-0.2, 0) is 4.79 Å². The molecule has 2 atom stereocenters. The van der Waals surface area contributed by atoms with Crippen molar-refractivity contribution in [1.82, 2.24) is 5.32 Å². The fourth-order valence-corrected chi connectivity index (χ4v) is 2.59. The van der Waals surface area contributed by atoms with Crippen LogP contribution in [0.2, 0.25) is 0 Å². The minimum absolute atomic E-state index is 0.0874. The Morgan fingerprint density at radius 2 is 2.33 bits per heavy atom. The fourth-order valence-electron chi connectivity index (χ4n) is 2.59. The lowest BCUT2D eigenvalue weighted by atomic mass is 9.94. The van der Waals surface area contributed by atoms with Crippen LogP contribution in [0.15, 0.2) is 0 Å². The third-order valence-corrected chi connectivity index (χ3v) is 3.29. The van der Waals surface area contributed by atoms with Gasteiger partial charge in [0, 0.05) is 5.54 Å². The normalized spacial score (nSPS) is 40.8. The lowest BCUT2D eigenvalue weighted by Crippen LogP contribution is -2.37. The Bertz CT molecular complexity index is 197. The highest BCUT2D eigenvalue weighted by Crippen LogP contribution is 2.40. The summed E-state index contributed by atoms with van der Waals surface area (Å²) in [6.45, 7) is 1.08. The first-order valence-electron chi connectivity index (χ1n) is 4.70. The van der Waals surface area contributed by atoms with Crippen LogP contribution in [0.25, 0.3) is 0 Å². The number of carboxylic acid groups (broad SMARTS) is 1. The van der Waals surface area contributed by atoms with Crippen LogP contribution in [0.3, 0.4) is 0 Å². The maximum absolute atomic E-state index is 10.7. The summed E-state index contributed by atoms with van der Waals surface area (Å²) in [5, 5.41) is 12.3. The predicted molar refractivity (Wildman–Crippen MR) is 44.9 cm³/mol. The molecule has 0 aromatic heterocycles. The van der Waals surface area contributed by atoms with Crippen molar-refractivity contribution in [1.29, 1.82) is 0 Å². The van der Waals surface area contributed by atoms with Crippen LogP contribution in [-0.4, -0.2) is 23.2 Å². The van der Waals surface area contributed by atoms with Crippen LogP contribution >= 0.6 is 0 Å². The maximum Gasteiger partial charge on any atom is 0.306 e. The van der Waals surface area contributed by atoms with Gasteiger partial charge in [0.2, 0.25) is 0 Å². The molecule has 12 heavy (non-hydrogen) atoms. The molecule has 0 bridgehead atoms. The molecule has 2 fully saturated rings. The summed E-state index contributed by atoms with van der Waals surface area (Å²) in [4.78, 5) is 10.7. The quantitative estimate of drug-likeness (QED) is 0.615. The molecule has 0 aromatic carbocycles. The average Bonchev–Trinajstić information content (AvgIpc) is 2.62. The molecule has 2 aliphatic rings. The van der Waals surface area contributed by atoms with E-state index < -0.39 is 5.97 Å². The molecule has 0 amide bonds. The van der Waals surface area contributed by atoms with Crippen molar-refractivity contribution in [3.63, 3.8) is 0 Å². The van der Waals surface area contributed by atoms with Crippen molar-refractivity contribution in [2.45, 2.75) is 37.6 Å². The Morgan fingerprint density at radius 1 is 1.50 bits per heavy atom. The first-order chi connectivity index (χ1) is 5.72. The van der Waals surface area contributed by atoms with Gasteiger partial charge in [-0.3, -0.25) is 4.79 Å². The van der Waals surface area contributed by atoms with Gasteiger partial charge >= 0.3 is 5.97 Å². The third-order valence-electron chi connectivity index (χ3n) is 3.29. The van der Waals surface area contributed by atoms with Crippen LogP contribution < -0.4 is 5.32 Å². The molecule has 0 aromatic rings. The smallest absolute Gasteiger partial charge is 0.306 e. The zero-order valence-electron chi connectivity index (χ0n) is 7.18. The van der Waals surface area contributed by atoms with Gasteiger partial charge in [0.05, 0.1) is 5.92 Å². The van der Waals surface area contributed by atoms with Crippen molar-refractivity contribution in [3.05, 3.63) is 0 Å². The number of carboxylic acids is 1. The van der Waals surface area contributed by atoms with Gasteiger partial charge in [0.1, 0.15) is 0 Å². The van der Waals surface area contributed by atoms with E-state index in [0.29, 0.717) is 0 Å². The zero-order valence-corrected chi connectivity index (χ0v) is 7.18. The molecular weight excluding hydrogens is 154 g/mol. The second-order valence-corrected chi connectivity index (χ2v) is 4.09. The van der Waals surface area contributed by atoms with Crippen LogP contribution in [0.1, 0.15) is 32.1 Å². The number of rotatable bonds is 1. The highest BCUT2D eigenvalue weighted by atomic mass is 16.4. The Hall–Kier alpha value is -0.570. The van der Waals surface area contributed by atoms with E-state index in [-0.39, 0.29) is 11.5 Å². The molecule has 3 nitrogen and oxygen atoms in total. The third kappa shape index (κ3) is 1.22. The number of hydrogen-bond donors (Lipinski definition) is 2. The lowest BCUT2D eigenvalue weighted by molar-refractivity contribution is -0.141. The molecule has 3 heteroatoms. The van der Waals surface area contributed by atoms with E-state index in [0.717, 1.165) is 25.8 Å². The minimum Gasteiger partial charge on any atom is -0.481 e. The molecule has 1 heterocycles. The van der Waals surface area contributed by atoms with Crippen molar-refractivity contribution < 1.29 is 9.90 Å². The summed E-state index contributed by atoms with van der Waals surface area (Å²) in [7, 11) is 0. The number of aliphatic carboxylic acids is 1. The topological polar surface area (TPSA) is 49.3 Å². The Morgan fingerprint density at radius 3 is 2.83 bits per heavy atom. The second kappa shape index (κ2) is 2.73. The van der Waals surface area contributed by atoms with Gasteiger partial charge in [-0.2, -0.15) is 0 Å². The van der Waals surface area contributed by atoms with Gasteiger partial charge in [0.25, 0.3) is 0 Å². The zero-order chi connectivity index (χ0) is 8.60. The molecule has 2 N–H and O–H groups in total. The molecule has 2 rings (SSSR count). The summed E-state index contributed by atoms with van der Waals surface area (Å²) in [5.41, 5.74) is 0.211. The van der Waals surface area contributed by atoms with E-state index in [2.05, 4.69) is 5.32 Å². The van der Waals surface area contributed by atoms with Gasteiger partial charge in [-0.05, 0) is 38.6 Å². The molecular formula is C9H15NO2. The van der Waals surface area contributed by atoms with Crippen molar-refractivity contribution in [3.8, 4) is 0 Å². The molecule has 1 spiro atoms. The van der Waals surface area contributed by atoms with E-state index in [1.54, 1.807) is 0 Å². The van der Waals surface area contributed by atoms with E-state index >= 15 is 0 Å². The molecule has 68 valence electrons. The summed E-state index contributed by atoms with van der Waals surface area (Å²) in [6.07, 6.45) is 5.16. The van der Waals surface area contributed by atoms with E-state index in [1.165, 1.54) is 12.8 Å².